The van der Waals surface area contributed by atoms with E-state index in [1.807, 2.05) is 18.2 Å². The van der Waals surface area contributed by atoms with Gasteiger partial charge in [0.25, 0.3) is 0 Å². The molecule has 1 N–H and O–H groups in total. The number of benzene rings is 2. The Kier molecular flexibility index (Phi) is 3.05. The summed E-state index contributed by atoms with van der Waals surface area (Å²) in [6.45, 7) is 0. The van der Waals surface area contributed by atoms with Crippen LogP contribution >= 0.6 is 0 Å². The molecule has 0 aliphatic heterocycles. The van der Waals surface area contributed by atoms with Gasteiger partial charge in [-0.2, -0.15) is 9.94 Å². The minimum atomic E-state index is -0.329. The van der Waals surface area contributed by atoms with Gasteiger partial charge < -0.3 is 5.32 Å². The largest absolute Gasteiger partial charge is 0.344 e. The van der Waals surface area contributed by atoms with Crippen LogP contribution in [0.25, 0.3) is 11.0 Å². The van der Waals surface area contributed by atoms with Crippen LogP contribution in [0.2, 0.25) is 0 Å². The van der Waals surface area contributed by atoms with Crippen LogP contribution in [-0.2, 0) is 6.42 Å². The van der Waals surface area contributed by atoms with Crippen molar-refractivity contribution < 1.29 is 4.79 Å². The van der Waals surface area contributed by atoms with Crippen molar-refractivity contribution in [2.24, 2.45) is 0 Å². The lowest BCUT2D eigenvalue weighted by Gasteiger charge is -2.13. The summed E-state index contributed by atoms with van der Waals surface area (Å²) >= 11 is 0. The van der Waals surface area contributed by atoms with E-state index in [1.54, 1.807) is 18.2 Å². The number of nitrogens with zero attached hydrogens (tertiary/aromatic N) is 4. The second-order valence-electron chi connectivity index (χ2n) is 5.56. The Morgan fingerprint density at radius 1 is 1.30 bits per heavy atom. The van der Waals surface area contributed by atoms with Crippen LogP contribution in [0.4, 0.5) is 4.79 Å². The van der Waals surface area contributed by atoms with Crippen molar-refractivity contribution in [3.05, 3.63) is 59.2 Å². The van der Waals surface area contributed by atoms with Gasteiger partial charge in [-0.25, -0.2) is 4.79 Å². The predicted octanol–water partition coefficient (Wildman–Crippen LogP) is 2.55. The number of hydrogen-bond acceptors (Lipinski definition) is 4. The highest BCUT2D eigenvalue weighted by molar-refractivity contribution is 5.88. The maximum absolute atomic E-state index is 12.6. The monoisotopic (exact) mass is 303 g/mol. The van der Waals surface area contributed by atoms with Crippen LogP contribution in [0.5, 0.6) is 0 Å². The first-order chi connectivity index (χ1) is 11.3. The normalized spacial score (nSPS) is 16.0. The maximum Gasteiger partial charge on any atom is 0.344 e. The molecule has 1 aliphatic rings. The van der Waals surface area contributed by atoms with E-state index in [1.165, 1.54) is 10.2 Å². The smallest absolute Gasteiger partial charge is 0.329 e. The third-order valence-electron chi connectivity index (χ3n) is 4.20. The molecule has 0 saturated heterocycles. The first-order valence-corrected chi connectivity index (χ1v) is 7.40. The molecular formula is C17H13N5O. The van der Waals surface area contributed by atoms with E-state index >= 15 is 0 Å². The summed E-state index contributed by atoms with van der Waals surface area (Å²) in [6.07, 6.45) is 1.83. The molecule has 0 radical (unpaired) electrons. The fourth-order valence-electron chi connectivity index (χ4n) is 3.06. The Bertz CT molecular complexity index is 953. The zero-order valence-corrected chi connectivity index (χ0v) is 12.2. The number of hydrogen-bond donors (Lipinski definition) is 1. The lowest BCUT2D eigenvalue weighted by Crippen LogP contribution is -2.32. The summed E-state index contributed by atoms with van der Waals surface area (Å²) < 4.78 is 1.22. The van der Waals surface area contributed by atoms with Gasteiger partial charge in [-0.05, 0) is 42.2 Å². The molecule has 112 valence electrons. The van der Waals surface area contributed by atoms with Crippen molar-refractivity contribution >= 4 is 17.1 Å². The SMILES string of the molecule is N#Cc1ccc2nnn(C(=O)NC3CCc4ccccc43)c2c1. The van der Waals surface area contributed by atoms with Crippen LogP contribution in [0.15, 0.2) is 42.5 Å². The number of fused-ring (bicyclic) bond motifs is 2. The number of aromatic nitrogens is 3. The quantitative estimate of drug-likeness (QED) is 0.748. The summed E-state index contributed by atoms with van der Waals surface area (Å²) in [7, 11) is 0. The Labute approximate surface area is 132 Å². The molecule has 6 heteroatoms. The van der Waals surface area contributed by atoms with Crippen LogP contribution in [0.1, 0.15) is 29.2 Å². The van der Waals surface area contributed by atoms with Crippen molar-refractivity contribution in [2.45, 2.75) is 18.9 Å². The van der Waals surface area contributed by atoms with Crippen LogP contribution < -0.4 is 5.32 Å². The van der Waals surface area contributed by atoms with Crippen molar-refractivity contribution in [2.75, 3.05) is 0 Å². The Morgan fingerprint density at radius 2 is 2.17 bits per heavy atom. The first-order valence-electron chi connectivity index (χ1n) is 7.40. The van der Waals surface area contributed by atoms with E-state index in [-0.39, 0.29) is 12.1 Å². The van der Waals surface area contributed by atoms with E-state index in [0.29, 0.717) is 16.6 Å². The minimum Gasteiger partial charge on any atom is -0.329 e. The second-order valence-corrected chi connectivity index (χ2v) is 5.56. The molecule has 23 heavy (non-hydrogen) atoms. The molecule has 1 unspecified atom stereocenters. The predicted molar refractivity (Wildman–Crippen MR) is 83.7 cm³/mol. The summed E-state index contributed by atoms with van der Waals surface area (Å²) in [5.74, 6) is 0. The average Bonchev–Trinajstić information content (AvgIpc) is 3.18. The van der Waals surface area contributed by atoms with Crippen molar-refractivity contribution in [3.8, 4) is 6.07 Å². The van der Waals surface area contributed by atoms with Crippen molar-refractivity contribution in [3.63, 3.8) is 0 Å². The van der Waals surface area contributed by atoms with Crippen molar-refractivity contribution in [1.29, 1.82) is 5.26 Å². The molecule has 1 aliphatic carbocycles. The zero-order valence-electron chi connectivity index (χ0n) is 12.2. The standard InChI is InChI=1S/C17H13N5O/c18-10-11-5-7-15-16(9-11)22(21-20-15)17(23)19-14-8-6-12-3-1-2-4-13(12)14/h1-5,7,9,14H,6,8H2,(H,19,23). The summed E-state index contributed by atoms with van der Waals surface area (Å²) in [5, 5.41) is 19.9. The Hall–Kier alpha value is -3.20. The van der Waals surface area contributed by atoms with E-state index < -0.39 is 0 Å². The lowest BCUT2D eigenvalue weighted by molar-refractivity contribution is 0.236. The molecule has 1 heterocycles. The van der Waals surface area contributed by atoms with Gasteiger partial charge in [0, 0.05) is 0 Å². The van der Waals surface area contributed by atoms with Crippen molar-refractivity contribution in [1.82, 2.24) is 20.3 Å². The number of rotatable bonds is 1. The summed E-state index contributed by atoms with van der Waals surface area (Å²) in [5.41, 5.74) is 4.02. The molecule has 2 aromatic carbocycles. The highest BCUT2D eigenvalue weighted by atomic mass is 16.2. The molecule has 0 spiro atoms. The Balaban J connectivity index is 1.65. The summed E-state index contributed by atoms with van der Waals surface area (Å²) in [6, 6.07) is 14.8. The topological polar surface area (TPSA) is 83.6 Å². The number of nitriles is 1. The Morgan fingerprint density at radius 3 is 3.04 bits per heavy atom. The third kappa shape index (κ3) is 2.23. The van der Waals surface area contributed by atoms with Gasteiger partial charge in [0.15, 0.2) is 0 Å². The second kappa shape index (κ2) is 5.21. The number of nitrogens with one attached hydrogen (secondary N) is 1. The number of carbonyl (C=O) groups excluding carboxylic acids is 1. The molecule has 3 aromatic rings. The highest BCUT2D eigenvalue weighted by Gasteiger charge is 2.24. The fourth-order valence-corrected chi connectivity index (χ4v) is 3.06. The first kappa shape index (κ1) is 13.5. The van der Waals surface area contributed by atoms with Gasteiger partial charge in [-0.1, -0.05) is 29.5 Å². The maximum atomic E-state index is 12.6. The van der Waals surface area contributed by atoms with E-state index in [9.17, 15) is 4.79 Å². The minimum absolute atomic E-state index is 0.0166. The molecule has 0 saturated carbocycles. The van der Waals surface area contributed by atoms with Crippen LogP contribution in [-0.4, -0.2) is 21.0 Å². The van der Waals surface area contributed by atoms with Gasteiger partial charge in [0.2, 0.25) is 0 Å². The van der Waals surface area contributed by atoms with E-state index in [2.05, 4.69) is 27.8 Å². The molecule has 0 fully saturated rings. The average molecular weight is 303 g/mol. The molecule has 6 nitrogen and oxygen atoms in total. The zero-order chi connectivity index (χ0) is 15.8. The number of carbonyl (C=O) groups is 1. The molecule has 1 atom stereocenters. The fraction of sp³-hybridized carbons (Fsp3) is 0.176. The van der Waals surface area contributed by atoms with Gasteiger partial charge >= 0.3 is 6.03 Å². The molecular weight excluding hydrogens is 290 g/mol. The third-order valence-corrected chi connectivity index (χ3v) is 4.20. The van der Waals surface area contributed by atoms with Gasteiger partial charge in [-0.3, -0.25) is 0 Å². The number of amides is 1. The summed E-state index contributed by atoms with van der Waals surface area (Å²) in [4.78, 5) is 12.6. The van der Waals surface area contributed by atoms with E-state index in [0.717, 1.165) is 18.4 Å². The number of aryl methyl sites for hydroxylation is 1. The molecule has 4 rings (SSSR count). The highest BCUT2D eigenvalue weighted by Crippen LogP contribution is 2.30. The molecule has 1 aromatic heterocycles. The van der Waals surface area contributed by atoms with Gasteiger partial charge in [0.1, 0.15) is 11.0 Å². The molecule has 0 bridgehead atoms. The van der Waals surface area contributed by atoms with Gasteiger partial charge in [0.05, 0.1) is 17.7 Å². The van der Waals surface area contributed by atoms with Crippen LogP contribution in [0.3, 0.4) is 0 Å². The van der Waals surface area contributed by atoms with E-state index in [4.69, 9.17) is 5.26 Å². The van der Waals surface area contributed by atoms with Gasteiger partial charge in [-0.15, -0.1) is 5.10 Å². The lowest BCUT2D eigenvalue weighted by atomic mass is 10.1. The molecule has 1 amide bonds. The van der Waals surface area contributed by atoms with Crippen LogP contribution in [0, 0.1) is 11.3 Å².